The summed E-state index contributed by atoms with van der Waals surface area (Å²) in [6.45, 7) is 4.77. The first-order chi connectivity index (χ1) is 27.1. The van der Waals surface area contributed by atoms with Crippen LogP contribution >= 0.6 is 0 Å². The summed E-state index contributed by atoms with van der Waals surface area (Å²) in [5.74, 6) is 0. The van der Waals surface area contributed by atoms with Crippen molar-refractivity contribution in [2.45, 2.75) is 19.3 Å². The molecule has 0 unspecified atom stereocenters. The molecule has 10 aromatic rings. The molecule has 9 aromatic carbocycles. The van der Waals surface area contributed by atoms with E-state index < -0.39 is 0 Å². The number of anilines is 3. The molecule has 2 nitrogen and oxygen atoms in total. The van der Waals surface area contributed by atoms with Crippen LogP contribution in [0.2, 0.25) is 0 Å². The third kappa shape index (κ3) is 4.68. The lowest BCUT2D eigenvalue weighted by Gasteiger charge is -2.30. The quantitative estimate of drug-likeness (QED) is 0.177. The first-order valence-electron chi connectivity index (χ1n) is 19.1. The molecule has 260 valence electrons. The second-order valence-electron chi connectivity index (χ2n) is 15.2. The molecule has 1 heterocycles. The topological polar surface area (TPSA) is 16.4 Å². The number of para-hydroxylation sites is 2. The van der Waals surface area contributed by atoms with E-state index in [0.717, 1.165) is 44.6 Å². The van der Waals surface area contributed by atoms with Crippen LogP contribution in [0.25, 0.3) is 76.9 Å². The van der Waals surface area contributed by atoms with Crippen LogP contribution in [0.15, 0.2) is 192 Å². The van der Waals surface area contributed by atoms with Gasteiger partial charge < -0.3 is 9.32 Å². The maximum Gasteiger partial charge on any atom is 0.137 e. The van der Waals surface area contributed by atoms with Crippen LogP contribution in [0.4, 0.5) is 17.1 Å². The Hall–Kier alpha value is -6.90. The van der Waals surface area contributed by atoms with Gasteiger partial charge >= 0.3 is 0 Å². The van der Waals surface area contributed by atoms with Crippen molar-refractivity contribution < 1.29 is 4.42 Å². The van der Waals surface area contributed by atoms with E-state index in [1.54, 1.807) is 0 Å². The minimum Gasteiger partial charge on any atom is -0.456 e. The molecule has 0 N–H and O–H groups in total. The third-order valence-corrected chi connectivity index (χ3v) is 11.8. The fraction of sp³-hybridized carbons (Fsp3) is 0.0566. The number of benzene rings is 9. The van der Waals surface area contributed by atoms with Crippen LogP contribution in [-0.4, -0.2) is 0 Å². The van der Waals surface area contributed by atoms with E-state index in [1.807, 2.05) is 6.07 Å². The van der Waals surface area contributed by atoms with Crippen LogP contribution in [0.1, 0.15) is 25.0 Å². The van der Waals surface area contributed by atoms with E-state index in [4.69, 9.17) is 4.42 Å². The second-order valence-corrected chi connectivity index (χ2v) is 15.2. The van der Waals surface area contributed by atoms with Crippen LogP contribution in [0.5, 0.6) is 0 Å². The molecule has 0 amide bonds. The van der Waals surface area contributed by atoms with Crippen molar-refractivity contribution in [2.24, 2.45) is 0 Å². The van der Waals surface area contributed by atoms with Crippen molar-refractivity contribution in [3.8, 4) is 33.4 Å². The summed E-state index contributed by atoms with van der Waals surface area (Å²) in [5, 5.41) is 7.19. The fourth-order valence-corrected chi connectivity index (χ4v) is 9.44. The molecule has 0 spiro atoms. The third-order valence-electron chi connectivity index (χ3n) is 11.8. The Labute approximate surface area is 320 Å². The summed E-state index contributed by atoms with van der Waals surface area (Å²) in [6.07, 6.45) is 0. The average Bonchev–Trinajstić information content (AvgIpc) is 3.74. The van der Waals surface area contributed by atoms with Gasteiger partial charge in [0.15, 0.2) is 0 Å². The SMILES string of the molecule is CC1(C)c2ccccc2-c2c(-c3ccc(N(c4ccccc4-c4ccccc4)c4cccc5oc6ccccc6c45)c4ccccc34)cc3ccccc3c21. The molecular formula is C53H37NO. The molecule has 0 radical (unpaired) electrons. The zero-order valence-corrected chi connectivity index (χ0v) is 30.8. The highest BCUT2D eigenvalue weighted by molar-refractivity contribution is 6.17. The van der Waals surface area contributed by atoms with Gasteiger partial charge in [-0.3, -0.25) is 0 Å². The number of fused-ring (bicyclic) bond motifs is 9. The van der Waals surface area contributed by atoms with E-state index in [2.05, 4.69) is 201 Å². The van der Waals surface area contributed by atoms with Gasteiger partial charge in [0.1, 0.15) is 11.2 Å². The molecule has 0 bridgehead atoms. The second kappa shape index (κ2) is 12.1. The summed E-state index contributed by atoms with van der Waals surface area (Å²) in [6, 6.07) is 68.3. The Kier molecular flexibility index (Phi) is 6.93. The molecule has 11 rings (SSSR count). The highest BCUT2D eigenvalue weighted by atomic mass is 16.3. The minimum absolute atomic E-state index is 0.138. The normalized spacial score (nSPS) is 13.1. The first kappa shape index (κ1) is 31.6. The van der Waals surface area contributed by atoms with Crippen molar-refractivity contribution in [3.63, 3.8) is 0 Å². The minimum atomic E-state index is -0.138. The van der Waals surface area contributed by atoms with Gasteiger partial charge in [0.25, 0.3) is 0 Å². The average molecular weight is 704 g/mol. The molecule has 1 aromatic heterocycles. The Morgan fingerprint density at radius 1 is 0.418 bits per heavy atom. The number of furan rings is 1. The van der Waals surface area contributed by atoms with Crippen molar-refractivity contribution >= 4 is 60.5 Å². The lowest BCUT2D eigenvalue weighted by Crippen LogP contribution is -2.15. The van der Waals surface area contributed by atoms with E-state index in [0.29, 0.717) is 0 Å². The van der Waals surface area contributed by atoms with E-state index >= 15 is 0 Å². The molecule has 0 aliphatic heterocycles. The maximum atomic E-state index is 6.49. The molecule has 2 heteroatoms. The Morgan fingerprint density at radius 2 is 1.05 bits per heavy atom. The summed E-state index contributed by atoms with van der Waals surface area (Å²) < 4.78 is 6.49. The van der Waals surface area contributed by atoms with Crippen LogP contribution in [0.3, 0.4) is 0 Å². The van der Waals surface area contributed by atoms with Crippen molar-refractivity contribution in [2.75, 3.05) is 4.90 Å². The molecule has 0 saturated heterocycles. The van der Waals surface area contributed by atoms with Gasteiger partial charge in [-0.1, -0.05) is 166 Å². The zero-order chi connectivity index (χ0) is 36.7. The summed E-state index contributed by atoms with van der Waals surface area (Å²) in [4.78, 5) is 2.46. The first-order valence-corrected chi connectivity index (χ1v) is 19.1. The van der Waals surface area contributed by atoms with Gasteiger partial charge in [0.2, 0.25) is 0 Å². The molecule has 0 atom stereocenters. The van der Waals surface area contributed by atoms with Gasteiger partial charge in [-0.25, -0.2) is 0 Å². The molecule has 0 saturated carbocycles. The number of hydrogen-bond donors (Lipinski definition) is 0. The summed E-state index contributed by atoms with van der Waals surface area (Å²) in [5.41, 5.74) is 15.2. The van der Waals surface area contributed by atoms with Crippen molar-refractivity contribution in [1.29, 1.82) is 0 Å². The van der Waals surface area contributed by atoms with Gasteiger partial charge in [-0.05, 0) is 91.5 Å². The van der Waals surface area contributed by atoms with E-state index in [9.17, 15) is 0 Å². The molecule has 1 aliphatic carbocycles. The number of rotatable bonds is 5. The van der Waals surface area contributed by atoms with E-state index in [1.165, 1.54) is 60.5 Å². The number of hydrogen-bond acceptors (Lipinski definition) is 2. The Morgan fingerprint density at radius 3 is 1.91 bits per heavy atom. The van der Waals surface area contributed by atoms with Crippen molar-refractivity contribution in [1.82, 2.24) is 0 Å². The highest BCUT2D eigenvalue weighted by Gasteiger charge is 2.38. The van der Waals surface area contributed by atoms with E-state index in [-0.39, 0.29) is 5.41 Å². The summed E-state index contributed by atoms with van der Waals surface area (Å²) >= 11 is 0. The smallest absolute Gasteiger partial charge is 0.137 e. The fourth-order valence-electron chi connectivity index (χ4n) is 9.44. The predicted molar refractivity (Wildman–Crippen MR) is 232 cm³/mol. The zero-order valence-electron chi connectivity index (χ0n) is 30.8. The van der Waals surface area contributed by atoms with Crippen LogP contribution in [-0.2, 0) is 5.41 Å². The Balaban J connectivity index is 1.23. The van der Waals surface area contributed by atoms with Crippen LogP contribution < -0.4 is 4.90 Å². The molecular weight excluding hydrogens is 667 g/mol. The van der Waals surface area contributed by atoms with Crippen LogP contribution in [0, 0.1) is 0 Å². The lowest BCUT2D eigenvalue weighted by molar-refractivity contribution is 0.666. The highest BCUT2D eigenvalue weighted by Crippen LogP contribution is 2.56. The van der Waals surface area contributed by atoms with Crippen molar-refractivity contribution in [3.05, 3.63) is 199 Å². The van der Waals surface area contributed by atoms with Gasteiger partial charge in [-0.2, -0.15) is 0 Å². The largest absolute Gasteiger partial charge is 0.456 e. The molecule has 0 fully saturated rings. The maximum absolute atomic E-state index is 6.49. The Bertz CT molecular complexity index is 3130. The lowest BCUT2D eigenvalue weighted by atomic mass is 9.79. The van der Waals surface area contributed by atoms with Gasteiger partial charge in [0, 0.05) is 21.8 Å². The number of nitrogens with zero attached hydrogens (tertiary/aromatic N) is 1. The predicted octanol–water partition coefficient (Wildman–Crippen LogP) is 15.0. The van der Waals surface area contributed by atoms with Gasteiger partial charge in [-0.15, -0.1) is 0 Å². The molecule has 1 aliphatic rings. The molecule has 55 heavy (non-hydrogen) atoms. The summed E-state index contributed by atoms with van der Waals surface area (Å²) in [7, 11) is 0. The van der Waals surface area contributed by atoms with Gasteiger partial charge in [0.05, 0.1) is 22.4 Å². The monoisotopic (exact) mass is 703 g/mol. The standard InChI is InChI=1S/C53H37NO/c1-53(2)44-26-13-10-24-41(44)50-43(33-35-19-6-7-21-37(35)52(50)53)39-31-32-46(40-23-9-8-22-38(39)40)54(45-27-14-11-20-36(45)34-17-4-3-5-18-34)47-28-16-30-49-51(47)42-25-12-15-29-48(42)55-49/h3-33H,1-2H3.